The number of nitrogens with zero attached hydrogens (tertiary/aromatic N) is 2. The fourth-order valence-corrected chi connectivity index (χ4v) is 4.91. The van der Waals surface area contributed by atoms with Crippen LogP contribution in [0, 0.1) is 11.7 Å². The summed E-state index contributed by atoms with van der Waals surface area (Å²) >= 11 is 0. The van der Waals surface area contributed by atoms with Crippen molar-refractivity contribution >= 4 is 17.5 Å². The van der Waals surface area contributed by atoms with Crippen LogP contribution in [-0.2, 0) is 9.59 Å². The smallest absolute Gasteiger partial charge is 0.234 e. The van der Waals surface area contributed by atoms with Gasteiger partial charge in [-0.15, -0.1) is 0 Å². The number of piperidine rings is 1. The molecular weight excluding hydrogens is 371 g/mol. The van der Waals surface area contributed by atoms with Gasteiger partial charge in [0.25, 0.3) is 0 Å². The molecule has 3 aliphatic rings. The molecule has 4 rings (SSSR count). The van der Waals surface area contributed by atoms with Gasteiger partial charge in [-0.2, -0.15) is 0 Å². The first-order valence-corrected chi connectivity index (χ1v) is 10.9. The van der Waals surface area contributed by atoms with Crippen LogP contribution in [-0.4, -0.2) is 55.5 Å². The summed E-state index contributed by atoms with van der Waals surface area (Å²) < 4.78 is 14.8. The van der Waals surface area contributed by atoms with Crippen molar-refractivity contribution in [2.24, 2.45) is 11.7 Å². The van der Waals surface area contributed by atoms with Crippen LogP contribution in [0.2, 0.25) is 0 Å². The van der Waals surface area contributed by atoms with E-state index in [2.05, 4.69) is 15.1 Å². The number of carbonyl (C=O) groups is 2. The van der Waals surface area contributed by atoms with E-state index in [1.807, 2.05) is 6.07 Å². The predicted molar refractivity (Wildman–Crippen MR) is 110 cm³/mol. The third-order valence-electron chi connectivity index (χ3n) is 6.74. The lowest BCUT2D eigenvalue weighted by Crippen LogP contribution is -2.48. The topological polar surface area (TPSA) is 78.7 Å². The summed E-state index contributed by atoms with van der Waals surface area (Å²) in [7, 11) is 0. The number of nitrogens with two attached hydrogens (primary N) is 1. The molecule has 158 valence electrons. The molecule has 2 saturated heterocycles. The van der Waals surface area contributed by atoms with Crippen molar-refractivity contribution in [1.29, 1.82) is 0 Å². The summed E-state index contributed by atoms with van der Waals surface area (Å²) in [4.78, 5) is 28.1. The summed E-state index contributed by atoms with van der Waals surface area (Å²) in [5.41, 5.74) is 7.25. The molecule has 1 atom stereocenters. The van der Waals surface area contributed by atoms with Crippen LogP contribution in [0.25, 0.3) is 0 Å². The van der Waals surface area contributed by atoms with Crippen molar-refractivity contribution in [3.63, 3.8) is 0 Å². The SMILES string of the molecule is N[C@H]1CC[C@H](CN2CCN(c3ccc(C4CCC(=O)NC4=O)c(F)c3)CC2)CC1. The van der Waals surface area contributed by atoms with Gasteiger partial charge in [-0.25, -0.2) is 4.39 Å². The van der Waals surface area contributed by atoms with Crippen molar-refractivity contribution in [2.75, 3.05) is 37.6 Å². The van der Waals surface area contributed by atoms with Crippen molar-refractivity contribution in [3.05, 3.63) is 29.6 Å². The number of imide groups is 1. The number of nitrogens with one attached hydrogen (secondary N) is 1. The lowest BCUT2D eigenvalue weighted by molar-refractivity contribution is -0.134. The summed E-state index contributed by atoms with van der Waals surface area (Å²) in [6, 6.07) is 5.54. The molecule has 1 unspecified atom stereocenters. The highest BCUT2D eigenvalue weighted by Crippen LogP contribution is 2.30. The fraction of sp³-hybridized carbons (Fsp3) is 0.636. The Bertz CT molecular complexity index is 755. The van der Waals surface area contributed by atoms with Crippen molar-refractivity contribution in [2.45, 2.75) is 50.5 Å². The average Bonchev–Trinajstić information content (AvgIpc) is 2.71. The highest BCUT2D eigenvalue weighted by Gasteiger charge is 2.30. The van der Waals surface area contributed by atoms with Crippen LogP contribution in [0.1, 0.15) is 50.0 Å². The normalized spacial score (nSPS) is 29.0. The maximum atomic E-state index is 14.8. The van der Waals surface area contributed by atoms with E-state index in [1.165, 1.54) is 18.9 Å². The third-order valence-corrected chi connectivity index (χ3v) is 6.74. The van der Waals surface area contributed by atoms with E-state index < -0.39 is 11.8 Å². The zero-order chi connectivity index (χ0) is 20.4. The van der Waals surface area contributed by atoms with E-state index in [-0.39, 0.29) is 18.1 Å². The molecule has 3 fully saturated rings. The molecule has 29 heavy (non-hydrogen) atoms. The van der Waals surface area contributed by atoms with Gasteiger partial charge in [0.05, 0.1) is 5.92 Å². The van der Waals surface area contributed by atoms with Gasteiger partial charge in [-0.3, -0.25) is 19.8 Å². The molecule has 0 aromatic heterocycles. The highest BCUT2D eigenvalue weighted by atomic mass is 19.1. The largest absolute Gasteiger partial charge is 0.369 e. The molecular formula is C22H31FN4O2. The second-order valence-electron chi connectivity index (χ2n) is 8.78. The molecule has 1 aromatic carbocycles. The standard InChI is InChI=1S/C22H31FN4O2/c23-20-13-17(5-6-18(20)19-7-8-21(28)25-22(19)29)27-11-9-26(10-12-27)14-15-1-3-16(24)4-2-15/h5-6,13,15-16,19H,1-4,7-12,14,24H2,(H,25,28,29)/t15-,16-,19?. The Kier molecular flexibility index (Phi) is 6.15. The lowest BCUT2D eigenvalue weighted by Gasteiger charge is -2.39. The first kappa shape index (κ1) is 20.3. The van der Waals surface area contributed by atoms with Gasteiger partial charge < -0.3 is 10.6 Å². The second kappa shape index (κ2) is 8.79. The number of anilines is 1. The third kappa shape index (κ3) is 4.78. The zero-order valence-corrected chi connectivity index (χ0v) is 16.9. The number of halogens is 1. The molecule has 0 radical (unpaired) electrons. The van der Waals surface area contributed by atoms with E-state index in [0.717, 1.165) is 57.2 Å². The van der Waals surface area contributed by atoms with Crippen LogP contribution in [0.5, 0.6) is 0 Å². The molecule has 2 heterocycles. The van der Waals surface area contributed by atoms with E-state index in [4.69, 9.17) is 5.73 Å². The molecule has 2 aliphatic heterocycles. The minimum atomic E-state index is -0.581. The monoisotopic (exact) mass is 402 g/mol. The first-order chi connectivity index (χ1) is 14.0. The number of piperazine rings is 1. The number of carbonyl (C=O) groups excluding carboxylic acids is 2. The Balaban J connectivity index is 1.32. The van der Waals surface area contributed by atoms with Crippen LogP contribution in [0.15, 0.2) is 18.2 Å². The Morgan fingerprint density at radius 1 is 1.03 bits per heavy atom. The summed E-state index contributed by atoms with van der Waals surface area (Å²) in [5.74, 6) is -0.866. The number of amides is 2. The minimum absolute atomic E-state index is 0.256. The van der Waals surface area contributed by atoms with E-state index in [0.29, 0.717) is 18.0 Å². The fourth-order valence-electron chi connectivity index (χ4n) is 4.91. The minimum Gasteiger partial charge on any atom is -0.369 e. The Morgan fingerprint density at radius 2 is 1.76 bits per heavy atom. The Labute approximate surface area is 171 Å². The molecule has 0 bridgehead atoms. The molecule has 0 spiro atoms. The lowest BCUT2D eigenvalue weighted by atomic mass is 9.86. The maximum Gasteiger partial charge on any atom is 0.234 e. The van der Waals surface area contributed by atoms with Gasteiger partial charge in [-0.05, 0) is 50.2 Å². The van der Waals surface area contributed by atoms with Crippen molar-refractivity contribution in [1.82, 2.24) is 10.2 Å². The summed E-state index contributed by atoms with van der Waals surface area (Å²) in [6.45, 7) is 4.87. The zero-order valence-electron chi connectivity index (χ0n) is 16.9. The number of hydrogen-bond acceptors (Lipinski definition) is 5. The Morgan fingerprint density at radius 3 is 2.41 bits per heavy atom. The predicted octanol–water partition coefficient (Wildman–Crippen LogP) is 1.99. The highest BCUT2D eigenvalue weighted by molar-refractivity contribution is 6.01. The van der Waals surface area contributed by atoms with Crippen LogP contribution < -0.4 is 16.0 Å². The second-order valence-corrected chi connectivity index (χ2v) is 8.78. The van der Waals surface area contributed by atoms with Gasteiger partial charge in [0.2, 0.25) is 11.8 Å². The van der Waals surface area contributed by atoms with Gasteiger partial charge in [0.1, 0.15) is 5.82 Å². The number of rotatable bonds is 4. The van der Waals surface area contributed by atoms with Gasteiger partial charge in [0, 0.05) is 56.4 Å². The van der Waals surface area contributed by atoms with Gasteiger partial charge in [0.15, 0.2) is 0 Å². The van der Waals surface area contributed by atoms with E-state index in [1.54, 1.807) is 6.07 Å². The molecule has 3 N–H and O–H groups in total. The summed E-state index contributed by atoms with van der Waals surface area (Å²) in [5, 5.41) is 2.31. The summed E-state index contributed by atoms with van der Waals surface area (Å²) in [6.07, 6.45) is 5.37. The van der Waals surface area contributed by atoms with Crippen LogP contribution >= 0.6 is 0 Å². The molecule has 1 saturated carbocycles. The van der Waals surface area contributed by atoms with E-state index >= 15 is 0 Å². The molecule has 1 aromatic rings. The van der Waals surface area contributed by atoms with Gasteiger partial charge in [-0.1, -0.05) is 6.07 Å². The molecule has 1 aliphatic carbocycles. The van der Waals surface area contributed by atoms with Crippen LogP contribution in [0.4, 0.5) is 10.1 Å². The first-order valence-electron chi connectivity index (χ1n) is 10.9. The average molecular weight is 403 g/mol. The van der Waals surface area contributed by atoms with Gasteiger partial charge >= 0.3 is 0 Å². The number of hydrogen-bond donors (Lipinski definition) is 2. The quantitative estimate of drug-likeness (QED) is 0.753. The van der Waals surface area contributed by atoms with Crippen molar-refractivity contribution < 1.29 is 14.0 Å². The van der Waals surface area contributed by atoms with E-state index in [9.17, 15) is 14.0 Å². The maximum absolute atomic E-state index is 14.8. The Hall–Kier alpha value is -1.99. The molecule has 2 amide bonds. The molecule has 6 nitrogen and oxygen atoms in total. The molecule has 7 heteroatoms. The van der Waals surface area contributed by atoms with Crippen molar-refractivity contribution in [3.8, 4) is 0 Å². The van der Waals surface area contributed by atoms with Crippen LogP contribution in [0.3, 0.4) is 0 Å². The number of benzene rings is 1.